The number of methoxy groups -OCH3 is 1. The number of rotatable bonds is 4. The van der Waals surface area contributed by atoms with Crippen molar-refractivity contribution in [3.05, 3.63) is 41.7 Å². The van der Waals surface area contributed by atoms with Gasteiger partial charge in [-0.2, -0.15) is 0 Å². The molecule has 0 fully saturated rings. The predicted molar refractivity (Wildman–Crippen MR) is 64.7 cm³/mol. The molecule has 0 spiro atoms. The van der Waals surface area contributed by atoms with Crippen LogP contribution in [0.15, 0.2) is 30.5 Å². The summed E-state index contributed by atoms with van der Waals surface area (Å²) >= 11 is 0. The topological polar surface area (TPSA) is 66.0 Å². The van der Waals surface area contributed by atoms with E-state index in [1.165, 1.54) is 0 Å². The Morgan fingerprint density at radius 1 is 1.47 bits per heavy atom. The third-order valence-corrected chi connectivity index (χ3v) is 2.50. The first-order chi connectivity index (χ1) is 8.19. The van der Waals surface area contributed by atoms with E-state index in [9.17, 15) is 0 Å². The summed E-state index contributed by atoms with van der Waals surface area (Å²) in [6.07, 6.45) is 1.87. The van der Waals surface area contributed by atoms with E-state index >= 15 is 0 Å². The van der Waals surface area contributed by atoms with Gasteiger partial charge in [-0.1, -0.05) is 17.3 Å². The van der Waals surface area contributed by atoms with Gasteiger partial charge in [-0.3, -0.25) is 0 Å². The Labute approximate surface area is 100 Å². The molecule has 2 N–H and O–H groups in total. The number of hydrogen-bond donors (Lipinski definition) is 1. The van der Waals surface area contributed by atoms with Crippen LogP contribution < -0.4 is 10.5 Å². The molecule has 0 saturated carbocycles. The number of hydrogen-bond acceptors (Lipinski definition) is 4. The van der Waals surface area contributed by atoms with Gasteiger partial charge in [-0.15, -0.1) is 5.10 Å². The van der Waals surface area contributed by atoms with Gasteiger partial charge in [0, 0.05) is 6.04 Å². The zero-order valence-electron chi connectivity index (χ0n) is 10.00. The van der Waals surface area contributed by atoms with Crippen LogP contribution in [0.4, 0.5) is 0 Å². The molecular weight excluding hydrogens is 216 g/mol. The monoisotopic (exact) mass is 232 g/mol. The van der Waals surface area contributed by atoms with Crippen LogP contribution in [0.25, 0.3) is 0 Å². The summed E-state index contributed by atoms with van der Waals surface area (Å²) < 4.78 is 6.94. The van der Waals surface area contributed by atoms with Crippen LogP contribution in [0.2, 0.25) is 0 Å². The van der Waals surface area contributed by atoms with E-state index in [1.54, 1.807) is 11.8 Å². The second kappa shape index (κ2) is 4.97. The Morgan fingerprint density at radius 3 is 2.94 bits per heavy atom. The summed E-state index contributed by atoms with van der Waals surface area (Å²) in [5, 5.41) is 8.05. The van der Waals surface area contributed by atoms with Gasteiger partial charge in [0.25, 0.3) is 0 Å². The van der Waals surface area contributed by atoms with Crippen LogP contribution in [-0.2, 0) is 6.54 Å². The maximum atomic E-state index is 5.73. The van der Waals surface area contributed by atoms with E-state index in [2.05, 4.69) is 10.3 Å². The molecule has 0 aliphatic rings. The molecule has 1 unspecified atom stereocenters. The highest BCUT2D eigenvalue weighted by molar-refractivity contribution is 5.28. The Kier molecular flexibility index (Phi) is 3.39. The number of benzene rings is 1. The minimum Gasteiger partial charge on any atom is -0.497 e. The molecular formula is C12H16N4O. The van der Waals surface area contributed by atoms with E-state index in [0.717, 1.165) is 17.0 Å². The average molecular weight is 232 g/mol. The lowest BCUT2D eigenvalue weighted by molar-refractivity contribution is 0.414. The summed E-state index contributed by atoms with van der Waals surface area (Å²) in [5.41, 5.74) is 7.65. The molecule has 0 aliphatic carbocycles. The van der Waals surface area contributed by atoms with Crippen molar-refractivity contribution in [3.63, 3.8) is 0 Å². The fraction of sp³-hybridized carbons (Fsp3) is 0.333. The van der Waals surface area contributed by atoms with Crippen molar-refractivity contribution in [1.82, 2.24) is 15.0 Å². The number of aromatic nitrogens is 3. The van der Waals surface area contributed by atoms with Gasteiger partial charge >= 0.3 is 0 Å². The fourth-order valence-electron chi connectivity index (χ4n) is 1.56. The van der Waals surface area contributed by atoms with Crippen molar-refractivity contribution >= 4 is 0 Å². The Balaban J connectivity index is 2.13. The summed E-state index contributed by atoms with van der Waals surface area (Å²) in [6.45, 7) is 2.55. The van der Waals surface area contributed by atoms with E-state index in [1.807, 2.05) is 37.4 Å². The summed E-state index contributed by atoms with van der Waals surface area (Å²) in [6, 6.07) is 7.78. The van der Waals surface area contributed by atoms with Gasteiger partial charge in [0.15, 0.2) is 0 Å². The molecule has 0 saturated heterocycles. The van der Waals surface area contributed by atoms with Crippen molar-refractivity contribution < 1.29 is 4.74 Å². The molecule has 0 amide bonds. The molecule has 17 heavy (non-hydrogen) atoms. The van der Waals surface area contributed by atoms with Crippen molar-refractivity contribution in [2.75, 3.05) is 7.11 Å². The number of nitrogens with two attached hydrogens (primary N) is 1. The van der Waals surface area contributed by atoms with E-state index in [-0.39, 0.29) is 6.04 Å². The maximum absolute atomic E-state index is 5.73. The molecule has 2 rings (SSSR count). The number of ether oxygens (including phenoxy) is 1. The van der Waals surface area contributed by atoms with Crippen molar-refractivity contribution in [2.45, 2.75) is 19.5 Å². The highest BCUT2D eigenvalue weighted by Crippen LogP contribution is 2.13. The molecule has 90 valence electrons. The van der Waals surface area contributed by atoms with Crippen LogP contribution in [0.1, 0.15) is 24.2 Å². The molecule has 1 heterocycles. The molecule has 1 atom stereocenters. The minimum absolute atomic E-state index is 0.0888. The standard InChI is InChI=1S/C12H16N4O/c1-9(13)12-8-16(15-14-12)7-10-4-3-5-11(6-10)17-2/h3-6,8-9H,7,13H2,1-2H3. The van der Waals surface area contributed by atoms with Gasteiger partial charge < -0.3 is 10.5 Å². The SMILES string of the molecule is COc1cccc(Cn2cc(C(C)N)nn2)c1. The molecule has 0 aliphatic heterocycles. The van der Waals surface area contributed by atoms with Crippen LogP contribution in [0.3, 0.4) is 0 Å². The van der Waals surface area contributed by atoms with Crippen LogP contribution in [0, 0.1) is 0 Å². The smallest absolute Gasteiger partial charge is 0.119 e. The summed E-state index contributed by atoms with van der Waals surface area (Å²) in [4.78, 5) is 0. The van der Waals surface area contributed by atoms with Crippen LogP contribution in [0.5, 0.6) is 5.75 Å². The van der Waals surface area contributed by atoms with E-state index in [0.29, 0.717) is 6.54 Å². The van der Waals surface area contributed by atoms with Crippen LogP contribution >= 0.6 is 0 Å². The average Bonchev–Trinajstić information content (AvgIpc) is 2.78. The predicted octanol–water partition coefficient (Wildman–Crippen LogP) is 1.35. The van der Waals surface area contributed by atoms with Crippen molar-refractivity contribution in [1.29, 1.82) is 0 Å². The van der Waals surface area contributed by atoms with Gasteiger partial charge in [0.1, 0.15) is 5.75 Å². The van der Waals surface area contributed by atoms with Crippen LogP contribution in [-0.4, -0.2) is 22.1 Å². The molecule has 5 nitrogen and oxygen atoms in total. The zero-order chi connectivity index (χ0) is 12.3. The Morgan fingerprint density at radius 2 is 2.29 bits per heavy atom. The molecule has 1 aromatic heterocycles. The number of nitrogens with zero attached hydrogens (tertiary/aromatic N) is 3. The normalized spacial score (nSPS) is 12.4. The molecule has 0 bridgehead atoms. The lowest BCUT2D eigenvalue weighted by atomic mass is 10.2. The van der Waals surface area contributed by atoms with Gasteiger partial charge in [0.05, 0.1) is 25.5 Å². The third-order valence-electron chi connectivity index (χ3n) is 2.50. The van der Waals surface area contributed by atoms with E-state index < -0.39 is 0 Å². The Hall–Kier alpha value is -1.88. The van der Waals surface area contributed by atoms with Gasteiger partial charge in [-0.05, 0) is 24.6 Å². The lowest BCUT2D eigenvalue weighted by Crippen LogP contribution is -2.05. The first-order valence-electron chi connectivity index (χ1n) is 5.47. The largest absolute Gasteiger partial charge is 0.497 e. The highest BCUT2D eigenvalue weighted by atomic mass is 16.5. The minimum atomic E-state index is -0.0888. The second-order valence-electron chi connectivity index (χ2n) is 3.98. The molecule has 2 aromatic rings. The van der Waals surface area contributed by atoms with Gasteiger partial charge in [-0.25, -0.2) is 4.68 Å². The van der Waals surface area contributed by atoms with Crippen molar-refractivity contribution in [2.24, 2.45) is 5.73 Å². The quantitative estimate of drug-likeness (QED) is 0.864. The van der Waals surface area contributed by atoms with E-state index in [4.69, 9.17) is 10.5 Å². The highest BCUT2D eigenvalue weighted by Gasteiger charge is 2.05. The fourth-order valence-corrected chi connectivity index (χ4v) is 1.56. The molecule has 1 aromatic carbocycles. The maximum Gasteiger partial charge on any atom is 0.119 e. The summed E-state index contributed by atoms with van der Waals surface area (Å²) in [7, 11) is 1.66. The molecule has 5 heteroatoms. The third kappa shape index (κ3) is 2.82. The lowest BCUT2D eigenvalue weighted by Gasteiger charge is -2.04. The summed E-state index contributed by atoms with van der Waals surface area (Å²) in [5.74, 6) is 0.843. The first-order valence-corrected chi connectivity index (χ1v) is 5.47. The second-order valence-corrected chi connectivity index (χ2v) is 3.98. The molecule has 0 radical (unpaired) electrons. The zero-order valence-corrected chi connectivity index (χ0v) is 10.00. The Bertz CT molecular complexity index is 493. The first kappa shape index (κ1) is 11.6. The van der Waals surface area contributed by atoms with Gasteiger partial charge in [0.2, 0.25) is 0 Å². The van der Waals surface area contributed by atoms with Crippen molar-refractivity contribution in [3.8, 4) is 5.75 Å².